The first-order valence-corrected chi connectivity index (χ1v) is 10.1. The number of aromatic nitrogens is 5. The van der Waals surface area contributed by atoms with Gasteiger partial charge in [0.05, 0.1) is 18.8 Å². The van der Waals surface area contributed by atoms with E-state index in [9.17, 15) is 14.4 Å². The van der Waals surface area contributed by atoms with Crippen molar-refractivity contribution in [3.8, 4) is 0 Å². The van der Waals surface area contributed by atoms with Gasteiger partial charge in [-0.15, -0.1) is 0 Å². The Labute approximate surface area is 170 Å². The molecule has 0 spiro atoms. The molecule has 0 saturated heterocycles. The van der Waals surface area contributed by atoms with Gasteiger partial charge in [0, 0.05) is 12.6 Å². The summed E-state index contributed by atoms with van der Waals surface area (Å²) in [6.07, 6.45) is 0.521. The van der Waals surface area contributed by atoms with Gasteiger partial charge in [0.25, 0.3) is 5.56 Å². The zero-order valence-corrected chi connectivity index (χ0v) is 17.8. The predicted molar refractivity (Wildman–Crippen MR) is 107 cm³/mol. The van der Waals surface area contributed by atoms with Crippen LogP contribution in [0.3, 0.4) is 0 Å². The maximum atomic E-state index is 12.6. The Morgan fingerprint density at radius 1 is 1.31 bits per heavy atom. The van der Waals surface area contributed by atoms with Gasteiger partial charge in [0.1, 0.15) is 11.0 Å². The van der Waals surface area contributed by atoms with E-state index < -0.39 is 16.5 Å². The van der Waals surface area contributed by atoms with Crippen LogP contribution in [0.5, 0.6) is 0 Å². The van der Waals surface area contributed by atoms with Crippen LogP contribution in [0.15, 0.2) is 19.3 Å². The van der Waals surface area contributed by atoms with Crippen molar-refractivity contribution in [2.45, 2.75) is 51.1 Å². The molecule has 3 aromatic heterocycles. The second kappa shape index (κ2) is 8.27. The minimum atomic E-state index is -0.557. The average Bonchev–Trinajstić information content (AvgIpc) is 3.20. The van der Waals surface area contributed by atoms with E-state index in [0.717, 1.165) is 5.56 Å². The van der Waals surface area contributed by atoms with E-state index in [0.29, 0.717) is 23.0 Å². The molecule has 3 rings (SSSR count). The Kier molecular flexibility index (Phi) is 5.96. The van der Waals surface area contributed by atoms with Crippen LogP contribution in [0.1, 0.15) is 37.3 Å². The van der Waals surface area contributed by atoms with Gasteiger partial charge >= 0.3 is 11.7 Å². The third kappa shape index (κ3) is 3.86. The standard InChI is InChI=1S/C18H23N5O5S/c1-6-12(16(25)27-7-2)29-18-19-14-13(15(24)20-17(26)22(14)5)23(18)8-11-9(3)21-28-10(11)4/h12H,6-8H2,1-5H3,(H,20,24,26). The molecule has 0 bridgehead atoms. The van der Waals surface area contributed by atoms with Gasteiger partial charge in [-0.2, -0.15) is 0 Å². The number of hydrogen-bond donors (Lipinski definition) is 1. The zero-order valence-electron chi connectivity index (χ0n) is 16.9. The monoisotopic (exact) mass is 421 g/mol. The number of H-pyrrole nitrogens is 1. The molecule has 0 aliphatic rings. The number of thioether (sulfide) groups is 1. The molecule has 1 N–H and O–H groups in total. The third-order valence-corrected chi connectivity index (χ3v) is 5.97. The van der Waals surface area contributed by atoms with Crippen LogP contribution in [0, 0.1) is 13.8 Å². The summed E-state index contributed by atoms with van der Waals surface area (Å²) in [6.45, 7) is 7.76. The number of ether oxygens (including phenoxy) is 1. The number of nitrogens with one attached hydrogen (secondary N) is 1. The van der Waals surface area contributed by atoms with Crippen molar-refractivity contribution in [3.05, 3.63) is 37.9 Å². The number of rotatable bonds is 7. The third-order valence-electron chi connectivity index (χ3n) is 4.64. The molecule has 1 unspecified atom stereocenters. The minimum Gasteiger partial charge on any atom is -0.465 e. The minimum absolute atomic E-state index is 0.242. The van der Waals surface area contributed by atoms with E-state index in [1.807, 2.05) is 13.8 Å². The highest BCUT2D eigenvalue weighted by atomic mass is 32.2. The average molecular weight is 421 g/mol. The number of fused-ring (bicyclic) bond motifs is 1. The highest BCUT2D eigenvalue weighted by molar-refractivity contribution is 8.00. The Balaban J connectivity index is 2.19. The zero-order chi connectivity index (χ0) is 21.3. The van der Waals surface area contributed by atoms with Gasteiger partial charge in [-0.25, -0.2) is 9.78 Å². The molecular formula is C18H23N5O5S. The second-order valence-electron chi connectivity index (χ2n) is 6.54. The van der Waals surface area contributed by atoms with E-state index in [-0.39, 0.29) is 30.3 Å². The molecule has 29 heavy (non-hydrogen) atoms. The summed E-state index contributed by atoms with van der Waals surface area (Å²) in [5.74, 6) is 0.276. The first kappa shape index (κ1) is 20.9. The van der Waals surface area contributed by atoms with E-state index in [1.165, 1.54) is 23.4 Å². The van der Waals surface area contributed by atoms with Gasteiger partial charge in [-0.1, -0.05) is 23.8 Å². The number of nitrogens with zero attached hydrogens (tertiary/aromatic N) is 4. The van der Waals surface area contributed by atoms with Gasteiger partial charge in [-0.3, -0.25) is 19.1 Å². The molecular weight excluding hydrogens is 398 g/mol. The van der Waals surface area contributed by atoms with Crippen molar-refractivity contribution < 1.29 is 14.1 Å². The SMILES string of the molecule is CCOC(=O)C(CC)Sc1nc2c(c(=O)[nH]c(=O)n2C)n1Cc1c(C)noc1C. The normalized spacial score (nSPS) is 12.4. The lowest BCUT2D eigenvalue weighted by atomic mass is 10.2. The van der Waals surface area contributed by atoms with Crippen LogP contribution in [0.4, 0.5) is 0 Å². The van der Waals surface area contributed by atoms with Crippen LogP contribution in [-0.4, -0.2) is 42.1 Å². The summed E-state index contributed by atoms with van der Waals surface area (Å²) in [7, 11) is 1.53. The van der Waals surface area contributed by atoms with E-state index in [1.54, 1.807) is 18.4 Å². The molecule has 3 aromatic rings. The molecule has 0 amide bonds. The smallest absolute Gasteiger partial charge is 0.329 e. The van der Waals surface area contributed by atoms with Crippen LogP contribution < -0.4 is 11.2 Å². The van der Waals surface area contributed by atoms with Crippen LogP contribution in [-0.2, 0) is 23.1 Å². The number of aromatic amines is 1. The lowest BCUT2D eigenvalue weighted by Crippen LogP contribution is -2.29. The van der Waals surface area contributed by atoms with Crippen LogP contribution >= 0.6 is 11.8 Å². The summed E-state index contributed by atoms with van der Waals surface area (Å²) >= 11 is 1.20. The number of esters is 1. The largest absolute Gasteiger partial charge is 0.465 e. The molecule has 0 radical (unpaired) electrons. The molecule has 10 nitrogen and oxygen atoms in total. The summed E-state index contributed by atoms with van der Waals surface area (Å²) in [5, 5.41) is 3.90. The lowest BCUT2D eigenvalue weighted by Gasteiger charge is -2.14. The molecule has 1 atom stereocenters. The molecule has 11 heteroatoms. The molecule has 3 heterocycles. The number of hydrogen-bond acceptors (Lipinski definition) is 8. The number of carbonyl (C=O) groups excluding carboxylic acids is 1. The van der Waals surface area contributed by atoms with Crippen LogP contribution in [0.2, 0.25) is 0 Å². The number of imidazole rings is 1. The van der Waals surface area contributed by atoms with Crippen molar-refractivity contribution in [2.24, 2.45) is 7.05 Å². The van der Waals surface area contributed by atoms with Crippen molar-refractivity contribution in [2.75, 3.05) is 6.61 Å². The van der Waals surface area contributed by atoms with Gasteiger partial charge in [0.2, 0.25) is 0 Å². The van der Waals surface area contributed by atoms with Gasteiger partial charge < -0.3 is 13.8 Å². The lowest BCUT2D eigenvalue weighted by molar-refractivity contribution is -0.142. The highest BCUT2D eigenvalue weighted by Gasteiger charge is 2.26. The van der Waals surface area contributed by atoms with E-state index >= 15 is 0 Å². The number of carbonyl (C=O) groups is 1. The predicted octanol–water partition coefficient (Wildman–Crippen LogP) is 1.51. The highest BCUT2D eigenvalue weighted by Crippen LogP contribution is 2.29. The first-order chi connectivity index (χ1) is 13.8. The Hall–Kier alpha value is -2.82. The number of aryl methyl sites for hydroxylation is 3. The van der Waals surface area contributed by atoms with Crippen LogP contribution in [0.25, 0.3) is 11.2 Å². The quantitative estimate of drug-likeness (QED) is 0.449. The molecule has 0 aromatic carbocycles. The van der Waals surface area contributed by atoms with Crippen molar-refractivity contribution in [1.29, 1.82) is 0 Å². The Morgan fingerprint density at radius 2 is 2.03 bits per heavy atom. The van der Waals surface area contributed by atoms with Gasteiger partial charge in [-0.05, 0) is 27.2 Å². The second-order valence-corrected chi connectivity index (χ2v) is 7.71. The summed E-state index contributed by atoms with van der Waals surface area (Å²) in [6, 6.07) is 0. The molecule has 0 saturated carbocycles. The first-order valence-electron chi connectivity index (χ1n) is 9.23. The fourth-order valence-corrected chi connectivity index (χ4v) is 4.01. The fourth-order valence-electron chi connectivity index (χ4n) is 3.00. The Morgan fingerprint density at radius 3 is 2.62 bits per heavy atom. The van der Waals surface area contributed by atoms with Crippen molar-refractivity contribution >= 4 is 28.9 Å². The molecule has 0 fully saturated rings. The van der Waals surface area contributed by atoms with E-state index in [2.05, 4.69) is 15.1 Å². The summed E-state index contributed by atoms with van der Waals surface area (Å²) in [4.78, 5) is 43.7. The maximum Gasteiger partial charge on any atom is 0.329 e. The van der Waals surface area contributed by atoms with Crippen molar-refractivity contribution in [1.82, 2.24) is 24.3 Å². The molecule has 156 valence electrons. The van der Waals surface area contributed by atoms with Gasteiger partial charge in [0.15, 0.2) is 16.3 Å². The van der Waals surface area contributed by atoms with Crippen molar-refractivity contribution in [3.63, 3.8) is 0 Å². The summed E-state index contributed by atoms with van der Waals surface area (Å²) < 4.78 is 13.3. The molecule has 0 aliphatic carbocycles. The maximum absolute atomic E-state index is 12.6. The van der Waals surface area contributed by atoms with E-state index in [4.69, 9.17) is 9.26 Å². The molecule has 0 aliphatic heterocycles. The Bertz CT molecular complexity index is 1150. The topological polar surface area (TPSA) is 125 Å². The summed E-state index contributed by atoms with van der Waals surface area (Å²) in [5.41, 5.74) is 0.888. The fraction of sp³-hybridized carbons (Fsp3) is 0.500.